The maximum Gasteiger partial charge on any atom is 0.101 e. The summed E-state index contributed by atoms with van der Waals surface area (Å²) in [6.07, 6.45) is 0. The van der Waals surface area contributed by atoms with Gasteiger partial charge in [0.1, 0.15) is 5.69 Å². The summed E-state index contributed by atoms with van der Waals surface area (Å²) in [5.74, 6) is 0. The Balaban J connectivity index is 1.24. The van der Waals surface area contributed by atoms with Crippen LogP contribution in [0.5, 0.6) is 0 Å². The summed E-state index contributed by atoms with van der Waals surface area (Å²) >= 11 is 0. The second kappa shape index (κ2) is 11.5. The maximum absolute atomic E-state index is 5.39. The third kappa shape index (κ3) is 4.41. The number of pyridine rings is 1. The summed E-state index contributed by atoms with van der Waals surface area (Å²) in [5.41, 5.74) is 13.6. The molecule has 3 heteroatoms. The van der Waals surface area contributed by atoms with Crippen LogP contribution in [0.25, 0.3) is 88.6 Å². The predicted octanol–water partition coefficient (Wildman–Crippen LogP) is 12.3. The lowest BCUT2D eigenvalue weighted by atomic mass is 9.93. The molecule has 0 saturated carbocycles. The van der Waals surface area contributed by atoms with E-state index in [-0.39, 0.29) is 0 Å². The fraction of sp³-hybridized carbons (Fsp3) is 0. The molecular formula is C47H31N3. The standard InChI is InChI=1S/C47H31N3/c1-4-15-33(16-5-1)44-31-41-37(32-27-29-36(30-28-32)49-42-25-12-10-21-38(42)39-22-11-13-26-43(39)49)23-14-24-40(41)47-45(34-17-6-2-7-18-34)46(48-50(44)47)35-19-8-3-9-20-35/h1-31H. The van der Waals surface area contributed by atoms with E-state index < -0.39 is 0 Å². The van der Waals surface area contributed by atoms with Gasteiger partial charge in [-0.25, -0.2) is 4.52 Å². The average Bonchev–Trinajstić information content (AvgIpc) is 3.76. The summed E-state index contributed by atoms with van der Waals surface area (Å²) in [6, 6.07) is 67.3. The highest BCUT2D eigenvalue weighted by Gasteiger charge is 2.22. The zero-order chi connectivity index (χ0) is 33.0. The summed E-state index contributed by atoms with van der Waals surface area (Å²) in [4.78, 5) is 0. The molecule has 50 heavy (non-hydrogen) atoms. The van der Waals surface area contributed by atoms with E-state index >= 15 is 0 Å². The number of aromatic nitrogens is 3. The zero-order valence-corrected chi connectivity index (χ0v) is 27.2. The first-order valence-electron chi connectivity index (χ1n) is 17.1. The lowest BCUT2D eigenvalue weighted by Gasteiger charge is -2.14. The number of fused-ring (bicyclic) bond motifs is 6. The molecule has 0 N–H and O–H groups in total. The molecule has 0 fully saturated rings. The lowest BCUT2D eigenvalue weighted by molar-refractivity contribution is 0.979. The van der Waals surface area contributed by atoms with Crippen molar-refractivity contribution in [1.82, 2.24) is 14.2 Å². The van der Waals surface area contributed by atoms with E-state index in [2.05, 4.69) is 197 Å². The summed E-state index contributed by atoms with van der Waals surface area (Å²) < 4.78 is 4.54. The molecule has 0 radical (unpaired) electrons. The van der Waals surface area contributed by atoms with Crippen molar-refractivity contribution in [2.24, 2.45) is 0 Å². The monoisotopic (exact) mass is 637 g/mol. The maximum atomic E-state index is 5.39. The summed E-state index contributed by atoms with van der Waals surface area (Å²) in [7, 11) is 0. The summed E-state index contributed by atoms with van der Waals surface area (Å²) in [5, 5.41) is 10.3. The van der Waals surface area contributed by atoms with Gasteiger partial charge in [0.2, 0.25) is 0 Å². The highest BCUT2D eigenvalue weighted by Crippen LogP contribution is 2.43. The molecule has 0 atom stereocenters. The topological polar surface area (TPSA) is 22.2 Å². The molecule has 0 aliphatic heterocycles. The Hall–Kier alpha value is -6.71. The molecule has 0 spiro atoms. The van der Waals surface area contributed by atoms with Crippen molar-refractivity contribution in [3.8, 4) is 50.5 Å². The van der Waals surface area contributed by atoms with E-state index in [1.54, 1.807) is 0 Å². The first-order valence-corrected chi connectivity index (χ1v) is 17.1. The Morgan fingerprint density at radius 2 is 0.920 bits per heavy atom. The second-order valence-electron chi connectivity index (χ2n) is 12.8. The molecule has 10 aromatic rings. The van der Waals surface area contributed by atoms with Gasteiger partial charge >= 0.3 is 0 Å². The van der Waals surface area contributed by atoms with Crippen LogP contribution in [0.3, 0.4) is 0 Å². The molecule has 10 rings (SSSR count). The largest absolute Gasteiger partial charge is 0.309 e. The highest BCUT2D eigenvalue weighted by molar-refractivity contribution is 6.13. The van der Waals surface area contributed by atoms with Gasteiger partial charge in [-0.15, -0.1) is 0 Å². The number of nitrogens with zero attached hydrogens (tertiary/aromatic N) is 3. The number of para-hydroxylation sites is 2. The number of benzene rings is 7. The molecule has 0 aliphatic rings. The third-order valence-corrected chi connectivity index (χ3v) is 9.95. The van der Waals surface area contributed by atoms with Crippen LogP contribution in [0.1, 0.15) is 0 Å². The van der Waals surface area contributed by atoms with Gasteiger partial charge in [0.15, 0.2) is 0 Å². The van der Waals surface area contributed by atoms with E-state index in [9.17, 15) is 0 Å². The van der Waals surface area contributed by atoms with Gasteiger partial charge in [-0.3, -0.25) is 0 Å². The van der Waals surface area contributed by atoms with Gasteiger partial charge in [0.25, 0.3) is 0 Å². The molecule has 0 amide bonds. The minimum absolute atomic E-state index is 0.974. The fourth-order valence-electron chi connectivity index (χ4n) is 7.70. The smallest absolute Gasteiger partial charge is 0.101 e. The van der Waals surface area contributed by atoms with Crippen molar-refractivity contribution in [1.29, 1.82) is 0 Å². The quantitative estimate of drug-likeness (QED) is 0.184. The van der Waals surface area contributed by atoms with E-state index in [0.29, 0.717) is 0 Å². The van der Waals surface area contributed by atoms with Crippen molar-refractivity contribution < 1.29 is 0 Å². The Kier molecular flexibility index (Phi) is 6.49. The van der Waals surface area contributed by atoms with Crippen LogP contribution < -0.4 is 0 Å². The van der Waals surface area contributed by atoms with Crippen molar-refractivity contribution in [3.05, 3.63) is 188 Å². The van der Waals surface area contributed by atoms with E-state index in [1.807, 2.05) is 0 Å². The SMILES string of the molecule is c1ccc(-c2nn3c(-c4ccccc4)cc4c(-c5ccc(-n6c7ccccc7c7ccccc76)cc5)cccc4c3c2-c2ccccc2)cc1. The van der Waals surface area contributed by atoms with Crippen LogP contribution in [0.2, 0.25) is 0 Å². The van der Waals surface area contributed by atoms with Crippen molar-refractivity contribution in [3.63, 3.8) is 0 Å². The van der Waals surface area contributed by atoms with Crippen molar-refractivity contribution in [2.75, 3.05) is 0 Å². The molecule has 0 unspecified atom stereocenters. The molecule has 7 aromatic carbocycles. The number of rotatable bonds is 5. The molecule has 3 heterocycles. The predicted molar refractivity (Wildman–Crippen MR) is 209 cm³/mol. The van der Waals surface area contributed by atoms with Crippen LogP contribution in [0.4, 0.5) is 0 Å². The molecule has 234 valence electrons. The molecule has 3 aromatic heterocycles. The summed E-state index contributed by atoms with van der Waals surface area (Å²) in [6.45, 7) is 0. The van der Waals surface area contributed by atoms with E-state index in [0.717, 1.165) is 44.8 Å². The van der Waals surface area contributed by atoms with Crippen molar-refractivity contribution >= 4 is 38.1 Å². The van der Waals surface area contributed by atoms with Gasteiger partial charge in [-0.1, -0.05) is 158 Å². The minimum atomic E-state index is 0.974. The van der Waals surface area contributed by atoms with Crippen molar-refractivity contribution in [2.45, 2.75) is 0 Å². The van der Waals surface area contributed by atoms with Crippen LogP contribution in [0.15, 0.2) is 188 Å². The normalized spacial score (nSPS) is 11.6. The molecule has 3 nitrogen and oxygen atoms in total. The molecule has 0 aliphatic carbocycles. The second-order valence-corrected chi connectivity index (χ2v) is 12.8. The Labute approximate surface area is 289 Å². The van der Waals surface area contributed by atoms with E-state index in [4.69, 9.17) is 5.10 Å². The molecule has 0 saturated heterocycles. The van der Waals surface area contributed by atoms with Gasteiger partial charge < -0.3 is 4.57 Å². The zero-order valence-electron chi connectivity index (χ0n) is 27.2. The van der Waals surface area contributed by atoms with Gasteiger partial charge in [-0.2, -0.15) is 5.10 Å². The fourth-order valence-corrected chi connectivity index (χ4v) is 7.70. The van der Waals surface area contributed by atoms with Gasteiger partial charge in [-0.05, 0) is 52.4 Å². The number of hydrogen-bond donors (Lipinski definition) is 0. The van der Waals surface area contributed by atoms with Crippen LogP contribution in [-0.4, -0.2) is 14.2 Å². The number of hydrogen-bond acceptors (Lipinski definition) is 1. The molecular weight excluding hydrogens is 607 g/mol. The molecule has 0 bridgehead atoms. The van der Waals surface area contributed by atoms with Crippen LogP contribution in [0, 0.1) is 0 Å². The average molecular weight is 638 g/mol. The Bertz CT molecular complexity index is 2780. The van der Waals surface area contributed by atoms with E-state index in [1.165, 1.54) is 43.7 Å². The third-order valence-electron chi connectivity index (χ3n) is 9.95. The Morgan fingerprint density at radius 3 is 1.56 bits per heavy atom. The Morgan fingerprint density at radius 1 is 0.380 bits per heavy atom. The van der Waals surface area contributed by atoms with Crippen LogP contribution in [-0.2, 0) is 0 Å². The van der Waals surface area contributed by atoms with Gasteiger partial charge in [0.05, 0.1) is 22.2 Å². The first kappa shape index (κ1) is 28.3. The highest BCUT2D eigenvalue weighted by atomic mass is 15.2. The minimum Gasteiger partial charge on any atom is -0.309 e. The van der Waals surface area contributed by atoms with Gasteiger partial charge in [0, 0.05) is 38.5 Å². The first-order chi connectivity index (χ1) is 24.8. The lowest BCUT2D eigenvalue weighted by Crippen LogP contribution is -1.97. The van der Waals surface area contributed by atoms with Crippen LogP contribution >= 0.6 is 0 Å².